The minimum Gasteiger partial charge on any atom is -0.454 e. The average molecular weight is 650 g/mol. The van der Waals surface area contributed by atoms with Crippen molar-refractivity contribution in [2.45, 2.75) is 0 Å². The number of nitrogens with zero attached hydrogens (tertiary/aromatic N) is 1. The molecule has 3 aromatic heterocycles. The Labute approximate surface area is 285 Å². The first kappa shape index (κ1) is 27.4. The molecule has 0 saturated heterocycles. The molecular formula is C44H27NOS2. The van der Waals surface area contributed by atoms with Crippen molar-refractivity contribution < 1.29 is 4.42 Å². The number of fused-ring (bicyclic) bond motifs is 8. The van der Waals surface area contributed by atoms with Gasteiger partial charge in [-0.3, -0.25) is 0 Å². The summed E-state index contributed by atoms with van der Waals surface area (Å²) in [5, 5.41) is 5.01. The third kappa shape index (κ3) is 4.45. The lowest BCUT2D eigenvalue weighted by Gasteiger charge is -2.26. The zero-order valence-electron chi connectivity index (χ0n) is 25.8. The minimum atomic E-state index is 0.950. The lowest BCUT2D eigenvalue weighted by atomic mass is 10.0. The summed E-state index contributed by atoms with van der Waals surface area (Å²) in [5.41, 5.74) is 10.1. The summed E-state index contributed by atoms with van der Waals surface area (Å²) in [6.07, 6.45) is 0. The Bertz CT molecular complexity index is 2770. The largest absolute Gasteiger partial charge is 0.454 e. The maximum atomic E-state index is 6.24. The molecule has 48 heavy (non-hydrogen) atoms. The Hall–Kier alpha value is -5.68. The van der Waals surface area contributed by atoms with Gasteiger partial charge in [-0.15, -0.1) is 22.7 Å². The molecule has 3 heterocycles. The van der Waals surface area contributed by atoms with E-state index >= 15 is 0 Å². The van der Waals surface area contributed by atoms with Crippen LogP contribution < -0.4 is 4.90 Å². The maximum Gasteiger partial charge on any atom is 0.154 e. The quantitative estimate of drug-likeness (QED) is 0.184. The van der Waals surface area contributed by atoms with Gasteiger partial charge in [-0.1, -0.05) is 84.9 Å². The van der Waals surface area contributed by atoms with Crippen molar-refractivity contribution in [1.29, 1.82) is 0 Å². The van der Waals surface area contributed by atoms with E-state index in [1.165, 1.54) is 62.6 Å². The molecule has 0 aliphatic heterocycles. The normalized spacial score (nSPS) is 11.8. The van der Waals surface area contributed by atoms with E-state index in [2.05, 4.69) is 157 Å². The number of thiophene rings is 2. The Kier molecular flexibility index (Phi) is 6.26. The second kappa shape index (κ2) is 11.0. The Morgan fingerprint density at radius 3 is 1.73 bits per heavy atom. The highest BCUT2D eigenvalue weighted by molar-refractivity contribution is 7.26. The van der Waals surface area contributed by atoms with Crippen molar-refractivity contribution >= 4 is 91.2 Å². The number of hydrogen-bond acceptors (Lipinski definition) is 4. The van der Waals surface area contributed by atoms with Gasteiger partial charge in [-0.25, -0.2) is 0 Å². The lowest BCUT2D eigenvalue weighted by molar-refractivity contribution is 0.673. The zero-order valence-corrected chi connectivity index (χ0v) is 27.4. The second-order valence-electron chi connectivity index (χ2n) is 12.1. The molecule has 7 aromatic carbocycles. The molecule has 0 fully saturated rings. The predicted octanol–water partition coefficient (Wildman–Crippen LogP) is 14.0. The maximum absolute atomic E-state index is 6.24. The standard InChI is InChI=1S/C44H27NOS2/c1-2-8-32(9-3-1)45(33-20-14-28(15-21-33)30-19-25-41-38(26-30)35-10-5-7-13-40(35)47-41)34-22-16-29(17-23-34)31-18-24-37-42(27-31)48-44-36-11-4-6-12-39(36)46-43(37)44/h1-27H. The number of para-hydroxylation sites is 2. The smallest absolute Gasteiger partial charge is 0.154 e. The third-order valence-electron chi connectivity index (χ3n) is 9.30. The minimum absolute atomic E-state index is 0.950. The number of anilines is 3. The SMILES string of the molecule is c1ccc(N(c2ccc(-c3ccc4c(c3)sc3c5ccccc5oc43)cc2)c2ccc(-c3ccc4sc5ccccc5c4c3)cc2)cc1. The van der Waals surface area contributed by atoms with Crippen LogP contribution in [0.2, 0.25) is 0 Å². The molecule has 0 N–H and O–H groups in total. The van der Waals surface area contributed by atoms with Gasteiger partial charge in [0.25, 0.3) is 0 Å². The fourth-order valence-electron chi connectivity index (χ4n) is 6.92. The molecule has 0 bridgehead atoms. The van der Waals surface area contributed by atoms with E-state index in [1.54, 1.807) is 0 Å². The lowest BCUT2D eigenvalue weighted by Crippen LogP contribution is -2.09. The summed E-state index contributed by atoms with van der Waals surface area (Å²) in [6, 6.07) is 59.0. The van der Waals surface area contributed by atoms with Gasteiger partial charge in [0.2, 0.25) is 0 Å². The summed E-state index contributed by atoms with van der Waals surface area (Å²) in [7, 11) is 0. The monoisotopic (exact) mass is 649 g/mol. The molecule has 2 nitrogen and oxygen atoms in total. The van der Waals surface area contributed by atoms with Crippen molar-refractivity contribution in [3.05, 3.63) is 164 Å². The van der Waals surface area contributed by atoms with E-state index in [9.17, 15) is 0 Å². The van der Waals surface area contributed by atoms with Crippen LogP contribution in [0.1, 0.15) is 0 Å². The molecule has 0 radical (unpaired) electrons. The van der Waals surface area contributed by atoms with Gasteiger partial charge in [0.05, 0.1) is 4.70 Å². The molecule has 226 valence electrons. The number of hydrogen-bond donors (Lipinski definition) is 0. The highest BCUT2D eigenvalue weighted by Crippen LogP contribution is 2.43. The molecule has 0 unspecified atom stereocenters. The van der Waals surface area contributed by atoms with E-state index in [0.717, 1.165) is 28.2 Å². The number of furan rings is 1. The molecule has 0 aliphatic rings. The van der Waals surface area contributed by atoms with Crippen LogP contribution in [0, 0.1) is 0 Å². The van der Waals surface area contributed by atoms with Gasteiger partial charge < -0.3 is 9.32 Å². The van der Waals surface area contributed by atoms with Crippen LogP contribution in [-0.4, -0.2) is 0 Å². The van der Waals surface area contributed by atoms with Gasteiger partial charge >= 0.3 is 0 Å². The Morgan fingerprint density at radius 2 is 0.958 bits per heavy atom. The number of rotatable bonds is 5. The van der Waals surface area contributed by atoms with Crippen LogP contribution in [-0.2, 0) is 0 Å². The summed E-state index contributed by atoms with van der Waals surface area (Å²) >= 11 is 3.67. The van der Waals surface area contributed by atoms with Crippen LogP contribution in [0.25, 0.3) is 73.8 Å². The van der Waals surface area contributed by atoms with E-state index in [-0.39, 0.29) is 0 Å². The van der Waals surface area contributed by atoms with Crippen LogP contribution in [0.4, 0.5) is 17.1 Å². The van der Waals surface area contributed by atoms with Crippen LogP contribution in [0.3, 0.4) is 0 Å². The Morgan fingerprint density at radius 1 is 0.375 bits per heavy atom. The van der Waals surface area contributed by atoms with Crippen molar-refractivity contribution in [3.63, 3.8) is 0 Å². The van der Waals surface area contributed by atoms with Crippen LogP contribution in [0.15, 0.2) is 168 Å². The average Bonchev–Trinajstić information content (AvgIpc) is 3.82. The highest BCUT2D eigenvalue weighted by Gasteiger charge is 2.16. The van der Waals surface area contributed by atoms with Crippen molar-refractivity contribution in [2.24, 2.45) is 0 Å². The molecule has 0 saturated carbocycles. The zero-order chi connectivity index (χ0) is 31.6. The molecular weight excluding hydrogens is 623 g/mol. The van der Waals surface area contributed by atoms with E-state index in [1.807, 2.05) is 34.8 Å². The van der Waals surface area contributed by atoms with E-state index in [0.29, 0.717) is 0 Å². The third-order valence-corrected chi connectivity index (χ3v) is 11.6. The van der Waals surface area contributed by atoms with Crippen molar-refractivity contribution in [2.75, 3.05) is 4.90 Å². The fraction of sp³-hybridized carbons (Fsp3) is 0. The first-order chi connectivity index (χ1) is 23.8. The highest BCUT2D eigenvalue weighted by atomic mass is 32.1. The van der Waals surface area contributed by atoms with E-state index in [4.69, 9.17) is 4.42 Å². The molecule has 0 spiro atoms. The molecule has 0 amide bonds. The molecule has 10 aromatic rings. The molecule has 0 atom stereocenters. The first-order valence-electron chi connectivity index (χ1n) is 16.1. The summed E-state index contributed by atoms with van der Waals surface area (Å²) < 4.78 is 11.4. The fourth-order valence-corrected chi connectivity index (χ4v) is 9.21. The summed E-state index contributed by atoms with van der Waals surface area (Å²) in [5.74, 6) is 0. The van der Waals surface area contributed by atoms with Crippen molar-refractivity contribution in [1.82, 2.24) is 0 Å². The van der Waals surface area contributed by atoms with Crippen molar-refractivity contribution in [3.8, 4) is 22.3 Å². The van der Waals surface area contributed by atoms with Gasteiger partial charge in [-0.05, 0) is 101 Å². The van der Waals surface area contributed by atoms with Crippen LogP contribution in [0.5, 0.6) is 0 Å². The topological polar surface area (TPSA) is 16.4 Å². The predicted molar refractivity (Wildman–Crippen MR) is 208 cm³/mol. The van der Waals surface area contributed by atoms with Gasteiger partial charge in [0.1, 0.15) is 5.58 Å². The van der Waals surface area contributed by atoms with Crippen LogP contribution >= 0.6 is 22.7 Å². The summed E-state index contributed by atoms with van der Waals surface area (Å²) in [4.78, 5) is 2.32. The van der Waals surface area contributed by atoms with Gasteiger partial charge in [0.15, 0.2) is 5.58 Å². The molecule has 4 heteroatoms. The van der Waals surface area contributed by atoms with Gasteiger partial charge in [-0.2, -0.15) is 0 Å². The van der Waals surface area contributed by atoms with E-state index < -0.39 is 0 Å². The summed E-state index contributed by atoms with van der Waals surface area (Å²) in [6.45, 7) is 0. The molecule has 10 rings (SSSR count). The Balaban J connectivity index is 0.992. The van der Waals surface area contributed by atoms with Gasteiger partial charge in [0, 0.05) is 52.7 Å². The second-order valence-corrected chi connectivity index (χ2v) is 14.3. The number of benzene rings is 7. The molecule has 0 aliphatic carbocycles. The first-order valence-corrected chi connectivity index (χ1v) is 17.7.